The lowest BCUT2D eigenvalue weighted by Crippen LogP contribution is -2.47. The van der Waals surface area contributed by atoms with Crippen LogP contribution in [0.3, 0.4) is 0 Å². The van der Waals surface area contributed by atoms with Crippen LogP contribution in [-0.2, 0) is 9.53 Å². The predicted molar refractivity (Wildman–Crippen MR) is 64.9 cm³/mol. The van der Waals surface area contributed by atoms with Gasteiger partial charge in [0, 0.05) is 25.7 Å². The molecule has 2 saturated heterocycles. The Morgan fingerprint density at radius 2 is 2.06 bits per heavy atom. The number of hydrogen-bond acceptors (Lipinski definition) is 3. The number of fused-ring (bicyclic) bond motifs is 2. The molecule has 4 nitrogen and oxygen atoms in total. The smallest absolute Gasteiger partial charge is 0.251 e. The van der Waals surface area contributed by atoms with Gasteiger partial charge in [0.05, 0.1) is 0 Å². The summed E-state index contributed by atoms with van der Waals surface area (Å²) in [4.78, 5) is 14.2. The zero-order valence-electron chi connectivity index (χ0n) is 9.94. The van der Waals surface area contributed by atoms with Crippen molar-refractivity contribution in [3.05, 3.63) is 0 Å². The van der Waals surface area contributed by atoms with Crippen LogP contribution in [0.2, 0.25) is 0 Å². The molecular formula is C11H21ClN2O2. The van der Waals surface area contributed by atoms with E-state index in [2.05, 4.69) is 10.2 Å². The van der Waals surface area contributed by atoms with Crippen molar-refractivity contribution in [1.82, 2.24) is 10.2 Å². The van der Waals surface area contributed by atoms with Crippen LogP contribution in [0, 0.1) is 0 Å². The maximum absolute atomic E-state index is 12.1. The molecule has 0 spiro atoms. The molecule has 1 N–H and O–H groups in total. The number of halogens is 1. The summed E-state index contributed by atoms with van der Waals surface area (Å²) in [5.74, 6) is 0.161. The zero-order valence-corrected chi connectivity index (χ0v) is 10.8. The Kier molecular flexibility index (Phi) is 5.02. The van der Waals surface area contributed by atoms with Gasteiger partial charge in [0.25, 0.3) is 5.91 Å². The number of ether oxygens (including phenoxy) is 1. The Bertz CT molecular complexity index is 236. The molecule has 2 fully saturated rings. The highest BCUT2D eigenvalue weighted by Crippen LogP contribution is 2.28. The van der Waals surface area contributed by atoms with Gasteiger partial charge >= 0.3 is 0 Å². The Hall–Kier alpha value is -0.320. The molecule has 2 heterocycles. The molecule has 0 aliphatic carbocycles. The normalized spacial score (nSPS) is 30.5. The second-order valence-corrected chi connectivity index (χ2v) is 4.50. The van der Waals surface area contributed by atoms with E-state index < -0.39 is 0 Å². The van der Waals surface area contributed by atoms with E-state index >= 15 is 0 Å². The number of rotatable bonds is 2. The topological polar surface area (TPSA) is 41.6 Å². The zero-order chi connectivity index (χ0) is 10.8. The van der Waals surface area contributed by atoms with Gasteiger partial charge in [0.15, 0.2) is 0 Å². The Labute approximate surface area is 103 Å². The number of methoxy groups -OCH3 is 1. The highest BCUT2D eigenvalue weighted by Gasteiger charge is 2.39. The van der Waals surface area contributed by atoms with Crippen LogP contribution in [-0.4, -0.2) is 49.2 Å². The van der Waals surface area contributed by atoms with Gasteiger partial charge in [-0.3, -0.25) is 4.79 Å². The number of hydrogen-bond donors (Lipinski definition) is 1. The van der Waals surface area contributed by atoms with E-state index in [9.17, 15) is 4.79 Å². The highest BCUT2D eigenvalue weighted by molar-refractivity contribution is 5.85. The summed E-state index contributed by atoms with van der Waals surface area (Å²) in [6, 6.07) is 0.831. The van der Waals surface area contributed by atoms with Crippen molar-refractivity contribution in [1.29, 1.82) is 0 Å². The van der Waals surface area contributed by atoms with Crippen LogP contribution in [0.1, 0.15) is 26.2 Å². The van der Waals surface area contributed by atoms with Gasteiger partial charge in [-0.25, -0.2) is 0 Å². The predicted octanol–water partition coefficient (Wildman–Crippen LogP) is 0.796. The number of nitrogens with zero attached hydrogens (tertiary/aromatic N) is 1. The average Bonchev–Trinajstić information content (AvgIpc) is 2.50. The summed E-state index contributed by atoms with van der Waals surface area (Å²) in [5.41, 5.74) is 0. The number of nitrogens with one attached hydrogen (secondary N) is 1. The number of carbonyl (C=O) groups excluding carboxylic acids is 1. The maximum Gasteiger partial charge on any atom is 0.251 e. The van der Waals surface area contributed by atoms with E-state index in [1.165, 1.54) is 0 Å². The molecular weight excluding hydrogens is 228 g/mol. The third-order valence-corrected chi connectivity index (χ3v) is 3.61. The summed E-state index contributed by atoms with van der Waals surface area (Å²) in [5, 5.41) is 3.39. The molecule has 94 valence electrons. The molecule has 5 heteroatoms. The molecule has 1 amide bonds. The fourth-order valence-electron chi connectivity index (χ4n) is 2.65. The lowest BCUT2D eigenvalue weighted by Gasteiger charge is -2.29. The maximum atomic E-state index is 12.1. The van der Waals surface area contributed by atoms with E-state index in [4.69, 9.17) is 4.74 Å². The first kappa shape index (κ1) is 13.7. The molecule has 0 radical (unpaired) electrons. The van der Waals surface area contributed by atoms with E-state index in [-0.39, 0.29) is 24.4 Å². The first-order chi connectivity index (χ1) is 7.24. The van der Waals surface area contributed by atoms with Crippen LogP contribution in [0.5, 0.6) is 0 Å². The molecule has 0 aromatic heterocycles. The van der Waals surface area contributed by atoms with E-state index in [0.29, 0.717) is 12.1 Å². The second kappa shape index (κ2) is 5.84. The minimum Gasteiger partial charge on any atom is -0.372 e. The van der Waals surface area contributed by atoms with E-state index in [0.717, 1.165) is 32.4 Å². The van der Waals surface area contributed by atoms with Gasteiger partial charge in [-0.2, -0.15) is 0 Å². The number of amides is 1. The summed E-state index contributed by atoms with van der Waals surface area (Å²) in [6.07, 6.45) is 3.08. The van der Waals surface area contributed by atoms with Gasteiger partial charge in [-0.05, 0) is 32.7 Å². The molecule has 3 unspecified atom stereocenters. The Morgan fingerprint density at radius 3 is 2.75 bits per heavy atom. The SMILES string of the molecule is COC(C)C(=O)N1C2CCNCC1CC2.Cl. The molecule has 16 heavy (non-hydrogen) atoms. The molecule has 2 aliphatic heterocycles. The van der Waals surface area contributed by atoms with Gasteiger partial charge in [-0.1, -0.05) is 0 Å². The lowest BCUT2D eigenvalue weighted by molar-refractivity contribution is -0.143. The van der Waals surface area contributed by atoms with Crippen molar-refractivity contribution < 1.29 is 9.53 Å². The minimum atomic E-state index is -0.300. The van der Waals surface area contributed by atoms with Crippen molar-refractivity contribution in [2.24, 2.45) is 0 Å². The van der Waals surface area contributed by atoms with Gasteiger partial charge in [-0.15, -0.1) is 12.4 Å². The van der Waals surface area contributed by atoms with Crippen molar-refractivity contribution in [2.45, 2.75) is 44.4 Å². The molecule has 2 aliphatic rings. The highest BCUT2D eigenvalue weighted by atomic mass is 35.5. The first-order valence-electron chi connectivity index (χ1n) is 5.79. The molecule has 0 aromatic carbocycles. The molecule has 0 saturated carbocycles. The first-order valence-corrected chi connectivity index (χ1v) is 5.79. The van der Waals surface area contributed by atoms with Crippen molar-refractivity contribution in [3.8, 4) is 0 Å². The summed E-state index contributed by atoms with van der Waals surface area (Å²) in [6.45, 7) is 3.81. The molecule has 0 aromatic rings. The molecule has 3 atom stereocenters. The quantitative estimate of drug-likeness (QED) is 0.786. The summed E-state index contributed by atoms with van der Waals surface area (Å²) >= 11 is 0. The number of carbonyl (C=O) groups is 1. The molecule has 2 rings (SSSR count). The van der Waals surface area contributed by atoms with Crippen LogP contribution < -0.4 is 5.32 Å². The Morgan fingerprint density at radius 1 is 1.38 bits per heavy atom. The summed E-state index contributed by atoms with van der Waals surface area (Å²) < 4.78 is 5.12. The van der Waals surface area contributed by atoms with Crippen LogP contribution in [0.15, 0.2) is 0 Å². The van der Waals surface area contributed by atoms with Crippen LogP contribution >= 0.6 is 12.4 Å². The van der Waals surface area contributed by atoms with E-state index in [1.54, 1.807) is 7.11 Å². The van der Waals surface area contributed by atoms with Crippen LogP contribution in [0.25, 0.3) is 0 Å². The fraction of sp³-hybridized carbons (Fsp3) is 0.909. The second-order valence-electron chi connectivity index (χ2n) is 4.50. The third kappa shape index (κ3) is 2.50. The lowest BCUT2D eigenvalue weighted by atomic mass is 10.1. The van der Waals surface area contributed by atoms with Crippen molar-refractivity contribution >= 4 is 18.3 Å². The molecule has 2 bridgehead atoms. The van der Waals surface area contributed by atoms with E-state index in [1.807, 2.05) is 6.92 Å². The third-order valence-electron chi connectivity index (χ3n) is 3.61. The van der Waals surface area contributed by atoms with Crippen molar-refractivity contribution in [3.63, 3.8) is 0 Å². The van der Waals surface area contributed by atoms with Crippen molar-refractivity contribution in [2.75, 3.05) is 20.2 Å². The fourth-order valence-corrected chi connectivity index (χ4v) is 2.65. The van der Waals surface area contributed by atoms with Crippen LogP contribution in [0.4, 0.5) is 0 Å². The van der Waals surface area contributed by atoms with Gasteiger partial charge < -0.3 is 15.0 Å². The average molecular weight is 249 g/mol. The van der Waals surface area contributed by atoms with Gasteiger partial charge in [0.2, 0.25) is 0 Å². The Balaban J connectivity index is 0.00000128. The monoisotopic (exact) mass is 248 g/mol. The van der Waals surface area contributed by atoms with Gasteiger partial charge in [0.1, 0.15) is 6.10 Å². The standard InChI is InChI=1S/C11H20N2O2.ClH/c1-8(15-2)11(14)13-9-3-4-10(13)7-12-6-5-9;/h8-10,12H,3-7H2,1-2H3;1H. The minimum absolute atomic E-state index is 0. The largest absolute Gasteiger partial charge is 0.372 e. The summed E-state index contributed by atoms with van der Waals surface area (Å²) in [7, 11) is 1.60.